The van der Waals surface area contributed by atoms with Crippen LogP contribution >= 0.6 is 15.9 Å². The van der Waals surface area contributed by atoms with Gasteiger partial charge in [-0.2, -0.15) is 0 Å². The molecule has 1 amide bonds. The van der Waals surface area contributed by atoms with Crippen LogP contribution in [-0.2, 0) is 0 Å². The molecule has 0 fully saturated rings. The highest BCUT2D eigenvalue weighted by molar-refractivity contribution is 9.10. The van der Waals surface area contributed by atoms with Gasteiger partial charge in [0, 0.05) is 15.9 Å². The fraction of sp³-hybridized carbons (Fsp3) is 0.286. The van der Waals surface area contributed by atoms with E-state index in [1.165, 1.54) is 0 Å². The largest absolute Gasteiger partial charge is 0.422 e. The van der Waals surface area contributed by atoms with Gasteiger partial charge < -0.3 is 9.73 Å². The van der Waals surface area contributed by atoms with Crippen molar-refractivity contribution in [3.63, 3.8) is 0 Å². The van der Waals surface area contributed by atoms with Gasteiger partial charge in [0.15, 0.2) is 0 Å². The van der Waals surface area contributed by atoms with Gasteiger partial charge in [0.2, 0.25) is 0 Å². The van der Waals surface area contributed by atoms with E-state index in [0.29, 0.717) is 11.0 Å². The highest BCUT2D eigenvalue weighted by Gasteiger charge is 2.15. The number of amides is 1. The molecule has 0 bridgehead atoms. The van der Waals surface area contributed by atoms with Crippen LogP contribution in [0.15, 0.2) is 37.9 Å². The average Bonchev–Trinajstić information content (AvgIpc) is 2.38. The van der Waals surface area contributed by atoms with E-state index in [1.807, 2.05) is 13.8 Å². The second kappa shape index (κ2) is 5.57. The monoisotopic (exact) mass is 323 g/mol. The molecule has 0 spiro atoms. The van der Waals surface area contributed by atoms with Gasteiger partial charge in [-0.3, -0.25) is 4.79 Å². The summed E-state index contributed by atoms with van der Waals surface area (Å²) >= 11 is 3.34. The fourth-order valence-corrected chi connectivity index (χ4v) is 2.03. The predicted molar refractivity (Wildman–Crippen MR) is 77.4 cm³/mol. The summed E-state index contributed by atoms with van der Waals surface area (Å²) in [6.45, 7) is 3.85. The lowest BCUT2D eigenvalue weighted by molar-refractivity contribution is 0.0935. The second-order valence-corrected chi connectivity index (χ2v) is 5.33. The van der Waals surface area contributed by atoms with E-state index in [4.69, 9.17) is 4.42 Å². The SMILES string of the molecule is CC[C@H](C)NC(=O)c1cc2cc(Br)ccc2oc1=O. The zero-order valence-corrected chi connectivity index (χ0v) is 12.3. The van der Waals surface area contributed by atoms with Gasteiger partial charge in [0.25, 0.3) is 5.91 Å². The Hall–Kier alpha value is -1.62. The normalized spacial score (nSPS) is 12.4. The second-order valence-electron chi connectivity index (χ2n) is 4.41. The molecule has 0 aliphatic rings. The molecular formula is C14H14BrNO3. The quantitative estimate of drug-likeness (QED) is 0.883. The first kappa shape index (κ1) is 13.8. The maximum Gasteiger partial charge on any atom is 0.349 e. The van der Waals surface area contributed by atoms with E-state index < -0.39 is 11.5 Å². The number of hydrogen-bond acceptors (Lipinski definition) is 3. The van der Waals surface area contributed by atoms with Crippen LogP contribution in [0.25, 0.3) is 11.0 Å². The Labute approximate surface area is 118 Å². The van der Waals surface area contributed by atoms with Crippen molar-refractivity contribution in [3.8, 4) is 0 Å². The highest BCUT2D eigenvalue weighted by atomic mass is 79.9. The molecule has 0 unspecified atom stereocenters. The zero-order chi connectivity index (χ0) is 14.0. The van der Waals surface area contributed by atoms with E-state index in [1.54, 1.807) is 24.3 Å². The van der Waals surface area contributed by atoms with Crippen molar-refractivity contribution >= 4 is 32.8 Å². The minimum atomic E-state index is -0.615. The lowest BCUT2D eigenvalue weighted by Gasteiger charge is -2.10. The standard InChI is InChI=1S/C14H14BrNO3/c1-3-8(2)16-13(17)11-7-9-6-10(15)4-5-12(9)19-14(11)18/h4-8H,3H2,1-2H3,(H,16,17)/t8-/m0/s1. The van der Waals surface area contributed by atoms with Crippen molar-refractivity contribution in [1.29, 1.82) is 0 Å². The molecule has 100 valence electrons. The smallest absolute Gasteiger partial charge is 0.349 e. The minimum Gasteiger partial charge on any atom is -0.422 e. The molecule has 5 heteroatoms. The lowest BCUT2D eigenvalue weighted by Crippen LogP contribution is -2.34. The van der Waals surface area contributed by atoms with Crippen molar-refractivity contribution in [2.75, 3.05) is 0 Å². The van der Waals surface area contributed by atoms with Crippen molar-refractivity contribution in [1.82, 2.24) is 5.32 Å². The molecular weight excluding hydrogens is 310 g/mol. The number of hydrogen-bond donors (Lipinski definition) is 1. The summed E-state index contributed by atoms with van der Waals surface area (Å²) in [4.78, 5) is 23.8. The summed E-state index contributed by atoms with van der Waals surface area (Å²) in [6.07, 6.45) is 0.802. The molecule has 0 radical (unpaired) electrons. The molecule has 2 aromatic rings. The molecule has 1 N–H and O–H groups in total. The fourth-order valence-electron chi connectivity index (χ4n) is 1.66. The van der Waals surface area contributed by atoms with Gasteiger partial charge in [0.05, 0.1) is 0 Å². The molecule has 0 saturated heterocycles. The maximum absolute atomic E-state index is 12.0. The zero-order valence-electron chi connectivity index (χ0n) is 10.7. The Kier molecular flexibility index (Phi) is 4.04. The van der Waals surface area contributed by atoms with Gasteiger partial charge in [-0.05, 0) is 37.6 Å². The van der Waals surface area contributed by atoms with Crippen molar-refractivity contribution in [2.24, 2.45) is 0 Å². The molecule has 1 heterocycles. The molecule has 2 rings (SSSR count). The number of carbonyl (C=O) groups excluding carboxylic acids is 1. The number of halogens is 1. The van der Waals surface area contributed by atoms with Gasteiger partial charge >= 0.3 is 5.63 Å². The number of benzene rings is 1. The van der Waals surface area contributed by atoms with Crippen LogP contribution in [0.3, 0.4) is 0 Å². The van der Waals surface area contributed by atoms with Gasteiger partial charge in [-0.1, -0.05) is 22.9 Å². The Balaban J connectivity index is 2.46. The molecule has 19 heavy (non-hydrogen) atoms. The summed E-state index contributed by atoms with van der Waals surface area (Å²) < 4.78 is 6.01. The average molecular weight is 324 g/mol. The van der Waals surface area contributed by atoms with Gasteiger partial charge in [-0.25, -0.2) is 4.79 Å². The van der Waals surface area contributed by atoms with Crippen molar-refractivity contribution in [3.05, 3.63) is 44.7 Å². The van der Waals surface area contributed by atoms with Crippen LogP contribution in [0.4, 0.5) is 0 Å². The molecule has 0 aliphatic heterocycles. The first-order chi connectivity index (χ1) is 9.01. The summed E-state index contributed by atoms with van der Waals surface area (Å²) in [7, 11) is 0. The number of fused-ring (bicyclic) bond motifs is 1. The summed E-state index contributed by atoms with van der Waals surface area (Å²) in [5.74, 6) is -0.398. The number of carbonyl (C=O) groups is 1. The topological polar surface area (TPSA) is 59.3 Å². The first-order valence-electron chi connectivity index (χ1n) is 6.05. The Morgan fingerprint density at radius 1 is 1.42 bits per heavy atom. The summed E-state index contributed by atoms with van der Waals surface area (Å²) in [5.41, 5.74) is -0.116. The van der Waals surface area contributed by atoms with Crippen LogP contribution in [0.2, 0.25) is 0 Å². The van der Waals surface area contributed by atoms with Crippen LogP contribution in [0, 0.1) is 0 Å². The highest BCUT2D eigenvalue weighted by Crippen LogP contribution is 2.19. The number of nitrogens with one attached hydrogen (secondary N) is 1. The van der Waals surface area contributed by atoms with E-state index in [0.717, 1.165) is 10.9 Å². The third kappa shape index (κ3) is 3.04. The lowest BCUT2D eigenvalue weighted by atomic mass is 10.1. The Morgan fingerprint density at radius 2 is 2.16 bits per heavy atom. The molecule has 0 aliphatic carbocycles. The van der Waals surface area contributed by atoms with Crippen LogP contribution in [-0.4, -0.2) is 11.9 Å². The van der Waals surface area contributed by atoms with Gasteiger partial charge in [-0.15, -0.1) is 0 Å². The summed E-state index contributed by atoms with van der Waals surface area (Å²) in [5, 5.41) is 3.47. The van der Waals surface area contributed by atoms with Crippen molar-refractivity contribution in [2.45, 2.75) is 26.3 Å². The predicted octanol–water partition coefficient (Wildman–Crippen LogP) is 3.08. The van der Waals surface area contributed by atoms with Crippen LogP contribution < -0.4 is 10.9 Å². The molecule has 0 saturated carbocycles. The third-order valence-electron chi connectivity index (χ3n) is 2.93. The van der Waals surface area contributed by atoms with Crippen molar-refractivity contribution < 1.29 is 9.21 Å². The van der Waals surface area contributed by atoms with Crippen LogP contribution in [0.1, 0.15) is 30.6 Å². The van der Waals surface area contributed by atoms with Gasteiger partial charge in [0.1, 0.15) is 11.1 Å². The number of rotatable bonds is 3. The van der Waals surface area contributed by atoms with Crippen LogP contribution in [0.5, 0.6) is 0 Å². The molecule has 1 atom stereocenters. The van der Waals surface area contributed by atoms with E-state index >= 15 is 0 Å². The van der Waals surface area contributed by atoms with E-state index in [-0.39, 0.29) is 11.6 Å². The molecule has 4 nitrogen and oxygen atoms in total. The summed E-state index contributed by atoms with van der Waals surface area (Å²) in [6, 6.07) is 6.86. The third-order valence-corrected chi connectivity index (χ3v) is 3.42. The maximum atomic E-state index is 12.0. The van der Waals surface area contributed by atoms with E-state index in [2.05, 4.69) is 21.2 Å². The first-order valence-corrected chi connectivity index (χ1v) is 6.85. The Bertz CT molecular complexity index is 678. The van der Waals surface area contributed by atoms with E-state index in [9.17, 15) is 9.59 Å². The Morgan fingerprint density at radius 3 is 2.84 bits per heavy atom. The minimum absolute atomic E-state index is 0.0186. The molecule has 1 aromatic carbocycles. The molecule has 1 aromatic heterocycles.